The number of aldehydes is 1. The topological polar surface area (TPSA) is 104 Å². The summed E-state index contributed by atoms with van der Waals surface area (Å²) in [6.45, 7) is 13.5. The number of carbonyl (C=O) groups excluding carboxylic acids is 5. The van der Waals surface area contributed by atoms with Gasteiger partial charge in [0, 0.05) is 43.8 Å². The van der Waals surface area contributed by atoms with Crippen molar-refractivity contribution in [2.75, 3.05) is 19.6 Å². The van der Waals surface area contributed by atoms with Crippen LogP contribution >= 0.6 is 0 Å². The number of unbranched alkanes of at least 4 members (excludes halogenated alkanes) is 31. The highest BCUT2D eigenvalue weighted by Crippen LogP contribution is 2.49. The van der Waals surface area contributed by atoms with Crippen molar-refractivity contribution in [2.24, 2.45) is 47.3 Å². The van der Waals surface area contributed by atoms with Crippen LogP contribution in [0, 0.1) is 47.3 Å². The predicted octanol–water partition coefficient (Wildman–Crippen LogP) is 22.3. The van der Waals surface area contributed by atoms with Crippen LogP contribution in [0.5, 0.6) is 0 Å². The van der Waals surface area contributed by atoms with E-state index in [-0.39, 0.29) is 30.0 Å². The van der Waals surface area contributed by atoms with E-state index in [0.717, 1.165) is 98.6 Å². The Morgan fingerprint density at radius 2 is 0.830 bits per heavy atom. The van der Waals surface area contributed by atoms with Gasteiger partial charge in [0.05, 0.1) is 0 Å². The summed E-state index contributed by atoms with van der Waals surface area (Å²) in [4.78, 5) is 67.5. The third kappa shape index (κ3) is 31.4. The number of benzene rings is 1. The SMILES string of the molecule is CCCCCCCCC1C(CCCCCC)CCC(C)C1CCCCCCCCN(C(=O)c1ccccc1)C(CC=O)C(=O)NCCCCCCCCC1C(CCCCCCCCN2C(=O)C=CC2=O)CCC(CCCCCC)C1CCCCCCCC. The zero-order valence-corrected chi connectivity index (χ0v) is 58.2. The molecule has 4 rings (SSSR count). The molecule has 3 aliphatic rings. The van der Waals surface area contributed by atoms with Crippen molar-refractivity contribution < 1.29 is 24.0 Å². The molecule has 0 spiro atoms. The lowest BCUT2D eigenvalue weighted by molar-refractivity contribution is -0.136. The van der Waals surface area contributed by atoms with Crippen LogP contribution in [0.1, 0.15) is 366 Å². The summed E-state index contributed by atoms with van der Waals surface area (Å²) in [6, 6.07) is 8.54. The molecule has 0 bridgehead atoms. The van der Waals surface area contributed by atoms with Crippen LogP contribution in [0.25, 0.3) is 0 Å². The van der Waals surface area contributed by atoms with E-state index >= 15 is 0 Å². The second-order valence-corrected chi connectivity index (χ2v) is 28.8. The van der Waals surface area contributed by atoms with E-state index in [1.807, 2.05) is 30.3 Å². The van der Waals surface area contributed by atoms with Crippen molar-refractivity contribution >= 4 is 29.9 Å². The van der Waals surface area contributed by atoms with Crippen LogP contribution in [-0.4, -0.2) is 65.4 Å². The van der Waals surface area contributed by atoms with Gasteiger partial charge in [0.15, 0.2) is 0 Å². The molecule has 1 aromatic rings. The molecule has 1 N–H and O–H groups in total. The molecular weight excluding hydrogens is 1080 g/mol. The molecule has 1 heterocycles. The van der Waals surface area contributed by atoms with E-state index in [1.165, 1.54) is 287 Å². The van der Waals surface area contributed by atoms with E-state index in [9.17, 15) is 24.0 Å². The van der Waals surface area contributed by atoms with Gasteiger partial charge in [-0.2, -0.15) is 0 Å². The van der Waals surface area contributed by atoms with Gasteiger partial charge >= 0.3 is 0 Å². The molecule has 88 heavy (non-hydrogen) atoms. The fourth-order valence-corrected chi connectivity index (χ4v) is 16.7. The molecule has 2 fully saturated rings. The molecule has 9 unspecified atom stereocenters. The van der Waals surface area contributed by atoms with Crippen molar-refractivity contribution in [2.45, 2.75) is 362 Å². The number of nitrogens with one attached hydrogen (secondary N) is 1. The molecule has 2 aliphatic carbocycles. The summed E-state index contributed by atoms with van der Waals surface area (Å²) in [5, 5.41) is 3.19. The second kappa shape index (κ2) is 50.3. The summed E-state index contributed by atoms with van der Waals surface area (Å²) >= 11 is 0. The Morgan fingerprint density at radius 3 is 1.28 bits per heavy atom. The molecule has 0 radical (unpaired) electrons. The van der Waals surface area contributed by atoms with Crippen molar-refractivity contribution in [3.63, 3.8) is 0 Å². The highest BCUT2D eigenvalue weighted by molar-refractivity contribution is 6.12. The minimum Gasteiger partial charge on any atom is -0.354 e. The third-order valence-electron chi connectivity index (χ3n) is 22.0. The third-order valence-corrected chi connectivity index (χ3v) is 22.0. The number of imide groups is 1. The zero-order chi connectivity index (χ0) is 63.1. The van der Waals surface area contributed by atoms with Gasteiger partial charge in [0.2, 0.25) is 5.91 Å². The summed E-state index contributed by atoms with van der Waals surface area (Å²) in [5.41, 5.74) is 0.571. The summed E-state index contributed by atoms with van der Waals surface area (Å²) in [5.74, 6) is 6.38. The number of hydrogen-bond donors (Lipinski definition) is 1. The van der Waals surface area contributed by atoms with Crippen LogP contribution in [0.2, 0.25) is 0 Å². The summed E-state index contributed by atoms with van der Waals surface area (Å²) < 4.78 is 0. The molecule has 0 saturated heterocycles. The first-order chi connectivity index (χ1) is 43.2. The molecule has 2 saturated carbocycles. The first-order valence-electron chi connectivity index (χ1n) is 38.8. The fraction of sp³-hybridized carbons (Fsp3) is 0.838. The first kappa shape index (κ1) is 77.2. The molecule has 504 valence electrons. The number of nitrogens with zero attached hydrogens (tertiary/aromatic N) is 2. The van der Waals surface area contributed by atoms with E-state index in [1.54, 1.807) is 4.90 Å². The molecule has 4 amide bonds. The van der Waals surface area contributed by atoms with Gasteiger partial charge in [-0.15, -0.1) is 0 Å². The number of hydrogen-bond acceptors (Lipinski definition) is 5. The van der Waals surface area contributed by atoms with Gasteiger partial charge in [0.25, 0.3) is 17.7 Å². The maximum atomic E-state index is 14.2. The molecular formula is C80H139N3O5. The van der Waals surface area contributed by atoms with E-state index in [4.69, 9.17) is 0 Å². The molecule has 8 heteroatoms. The summed E-state index contributed by atoms with van der Waals surface area (Å²) in [6.07, 6.45) is 67.7. The maximum absolute atomic E-state index is 14.2. The van der Waals surface area contributed by atoms with Crippen LogP contribution in [0.15, 0.2) is 42.5 Å². The normalized spacial score (nSPS) is 21.5. The maximum Gasteiger partial charge on any atom is 0.254 e. The Hall–Kier alpha value is -3.29. The zero-order valence-electron chi connectivity index (χ0n) is 58.2. The van der Waals surface area contributed by atoms with Crippen LogP contribution in [-0.2, 0) is 19.2 Å². The van der Waals surface area contributed by atoms with Gasteiger partial charge in [-0.3, -0.25) is 24.1 Å². The summed E-state index contributed by atoms with van der Waals surface area (Å²) in [7, 11) is 0. The van der Waals surface area contributed by atoms with Gasteiger partial charge in [-0.1, -0.05) is 303 Å². The van der Waals surface area contributed by atoms with E-state index in [0.29, 0.717) is 25.2 Å². The Morgan fingerprint density at radius 1 is 0.466 bits per heavy atom. The predicted molar refractivity (Wildman–Crippen MR) is 373 cm³/mol. The Kier molecular flexibility index (Phi) is 44.1. The lowest BCUT2D eigenvalue weighted by Gasteiger charge is -2.44. The smallest absolute Gasteiger partial charge is 0.254 e. The molecule has 9 atom stereocenters. The average molecular weight is 1220 g/mol. The van der Waals surface area contributed by atoms with Crippen LogP contribution < -0.4 is 5.32 Å². The Labute approximate surface area is 543 Å². The largest absolute Gasteiger partial charge is 0.354 e. The van der Waals surface area contributed by atoms with E-state index in [2.05, 4.69) is 39.9 Å². The minimum absolute atomic E-state index is 0.0117. The number of amides is 4. The lowest BCUT2D eigenvalue weighted by atomic mass is 9.61. The highest BCUT2D eigenvalue weighted by Gasteiger charge is 2.39. The second-order valence-electron chi connectivity index (χ2n) is 28.8. The molecule has 0 aromatic heterocycles. The van der Waals surface area contributed by atoms with Gasteiger partial charge in [0.1, 0.15) is 12.3 Å². The number of carbonyl (C=O) groups is 5. The molecule has 1 aliphatic heterocycles. The Balaban J connectivity index is 1.23. The number of rotatable bonds is 56. The average Bonchev–Trinajstić information content (AvgIpc) is 3.54. The van der Waals surface area contributed by atoms with Gasteiger partial charge in [-0.05, 0) is 124 Å². The lowest BCUT2D eigenvalue weighted by Crippen LogP contribution is -2.50. The van der Waals surface area contributed by atoms with Crippen LogP contribution in [0.4, 0.5) is 0 Å². The van der Waals surface area contributed by atoms with E-state index < -0.39 is 6.04 Å². The molecule has 1 aromatic carbocycles. The standard InChI is InChI=1S/C80H139N3O5/c1-6-10-14-18-27-41-53-73-68(47-35-16-12-8-3)57-56-67(5)72(73)52-40-29-22-25-32-45-64-82(80(88)71-50-38-34-39-51-71)76(62-66-84)79(87)81-63-44-31-23-20-30-43-55-75-70(49-37-26-21-24-33-46-65-83-77(85)60-61-78(83)86)59-58-69(48-36-17-13-9-4)74(75)54-42-28-19-15-11-7-2/h34,38-39,50-51,60-61,66-70,72-76H,6-33,35-37,40-49,52-59,62-65H2,1-5H3,(H,81,87). The van der Waals surface area contributed by atoms with Crippen molar-refractivity contribution in [3.8, 4) is 0 Å². The van der Waals surface area contributed by atoms with Crippen molar-refractivity contribution in [1.29, 1.82) is 0 Å². The quantitative estimate of drug-likeness (QED) is 0.0398. The van der Waals surface area contributed by atoms with Crippen molar-refractivity contribution in [1.82, 2.24) is 15.1 Å². The fourth-order valence-electron chi connectivity index (χ4n) is 16.7. The molecule has 8 nitrogen and oxygen atoms in total. The monoisotopic (exact) mass is 1220 g/mol. The van der Waals surface area contributed by atoms with Gasteiger partial charge < -0.3 is 15.0 Å². The first-order valence-corrected chi connectivity index (χ1v) is 38.8. The van der Waals surface area contributed by atoms with Gasteiger partial charge in [-0.25, -0.2) is 0 Å². The van der Waals surface area contributed by atoms with Crippen LogP contribution in [0.3, 0.4) is 0 Å². The highest BCUT2D eigenvalue weighted by atomic mass is 16.2. The van der Waals surface area contributed by atoms with Crippen molar-refractivity contribution in [3.05, 3.63) is 48.0 Å². The minimum atomic E-state index is -0.803. The Bertz CT molecular complexity index is 1940.